The number of methoxy groups -OCH3 is 1. The number of hydrogen-bond donors (Lipinski definition) is 2. The molecular formula is C33H48FNO4. The van der Waals surface area contributed by atoms with Crippen molar-refractivity contribution >= 4 is 11.9 Å². The predicted octanol–water partition coefficient (Wildman–Crippen LogP) is 7.58. The molecule has 0 aliphatic carbocycles. The molecule has 1 aromatic heterocycles. The summed E-state index contributed by atoms with van der Waals surface area (Å²) in [5, 5.41) is 21.4. The van der Waals surface area contributed by atoms with Crippen LogP contribution in [0, 0.1) is 11.7 Å². The van der Waals surface area contributed by atoms with E-state index in [9.17, 15) is 19.4 Å². The van der Waals surface area contributed by atoms with Crippen LogP contribution >= 0.6 is 0 Å². The number of aliphatic hydroxyl groups excluding tert-OH is 2. The number of aliphatic hydroxyl groups is 2. The van der Waals surface area contributed by atoms with Gasteiger partial charge in [-0.25, -0.2) is 4.39 Å². The van der Waals surface area contributed by atoms with Crippen molar-refractivity contribution in [1.29, 1.82) is 0 Å². The molecule has 39 heavy (non-hydrogen) atoms. The first-order valence-corrected chi connectivity index (χ1v) is 14.4. The summed E-state index contributed by atoms with van der Waals surface area (Å²) >= 11 is 0. The molecule has 5 nitrogen and oxygen atoms in total. The number of benzene rings is 1. The normalized spacial score (nSPS) is 14.4. The summed E-state index contributed by atoms with van der Waals surface area (Å²) in [5.41, 5.74) is 5.32. The first kappa shape index (κ1) is 32.8. The highest BCUT2D eigenvalue weighted by Crippen LogP contribution is 2.38. The van der Waals surface area contributed by atoms with Gasteiger partial charge in [-0.1, -0.05) is 78.7 Å². The minimum atomic E-state index is -0.944. The van der Waals surface area contributed by atoms with Gasteiger partial charge in [0.05, 0.1) is 24.5 Å². The van der Waals surface area contributed by atoms with Crippen molar-refractivity contribution in [3.05, 3.63) is 58.7 Å². The highest BCUT2D eigenvalue weighted by Gasteiger charge is 2.24. The Kier molecular flexibility index (Phi) is 13.5. The molecule has 0 fully saturated rings. The second-order valence-electron chi connectivity index (χ2n) is 11.1. The van der Waals surface area contributed by atoms with Crippen molar-refractivity contribution in [1.82, 2.24) is 4.98 Å². The van der Waals surface area contributed by atoms with E-state index in [0.717, 1.165) is 59.3 Å². The fourth-order valence-corrected chi connectivity index (χ4v) is 5.09. The van der Waals surface area contributed by atoms with Crippen LogP contribution in [0.1, 0.15) is 114 Å². The van der Waals surface area contributed by atoms with Gasteiger partial charge in [-0.3, -0.25) is 9.78 Å². The number of ketones is 1. The average Bonchev–Trinajstić information content (AvgIpc) is 2.88. The maximum absolute atomic E-state index is 13.8. The Balaban J connectivity index is 2.45. The van der Waals surface area contributed by atoms with Gasteiger partial charge in [-0.05, 0) is 47.9 Å². The third-order valence-corrected chi connectivity index (χ3v) is 7.20. The van der Waals surface area contributed by atoms with E-state index in [0.29, 0.717) is 6.61 Å². The minimum Gasteiger partial charge on any atom is -0.393 e. The molecule has 1 heterocycles. The number of carbonyl (C=O) groups excluding carboxylic acids is 1. The van der Waals surface area contributed by atoms with Crippen molar-refractivity contribution in [2.75, 3.05) is 7.11 Å². The van der Waals surface area contributed by atoms with Crippen molar-refractivity contribution in [3.8, 4) is 11.1 Å². The summed E-state index contributed by atoms with van der Waals surface area (Å²) in [4.78, 5) is 17.7. The molecule has 0 spiro atoms. The van der Waals surface area contributed by atoms with Crippen LogP contribution in [0.5, 0.6) is 0 Å². The van der Waals surface area contributed by atoms with E-state index in [1.54, 1.807) is 25.3 Å². The lowest BCUT2D eigenvalue weighted by Gasteiger charge is -2.23. The zero-order valence-electron chi connectivity index (χ0n) is 24.8. The van der Waals surface area contributed by atoms with Crippen LogP contribution in [0.3, 0.4) is 0 Å². The molecule has 1 aromatic carbocycles. The Morgan fingerprint density at radius 2 is 1.69 bits per heavy atom. The summed E-state index contributed by atoms with van der Waals surface area (Å²) < 4.78 is 19.4. The third kappa shape index (κ3) is 9.33. The molecule has 0 saturated heterocycles. The van der Waals surface area contributed by atoms with Crippen LogP contribution in [0.25, 0.3) is 17.2 Å². The number of Topliss-reactive ketones (excluding diaryl/α,β-unsaturated/α-hetero) is 1. The van der Waals surface area contributed by atoms with Gasteiger partial charge < -0.3 is 14.9 Å². The van der Waals surface area contributed by atoms with Gasteiger partial charge in [0.15, 0.2) is 0 Å². The van der Waals surface area contributed by atoms with Crippen LogP contribution in [0.4, 0.5) is 4.39 Å². The fraction of sp³-hybridized carbons (Fsp3) is 0.576. The number of halogens is 1. The van der Waals surface area contributed by atoms with Crippen LogP contribution in [-0.4, -0.2) is 40.3 Å². The van der Waals surface area contributed by atoms with Crippen molar-refractivity contribution in [2.24, 2.45) is 5.92 Å². The number of carbonyl (C=O) groups is 1. The van der Waals surface area contributed by atoms with Crippen molar-refractivity contribution in [3.63, 3.8) is 0 Å². The summed E-state index contributed by atoms with van der Waals surface area (Å²) in [6, 6.07) is 6.39. The van der Waals surface area contributed by atoms with E-state index in [2.05, 4.69) is 34.6 Å². The highest BCUT2D eigenvalue weighted by atomic mass is 19.1. The number of rotatable bonds is 16. The molecule has 3 atom stereocenters. The zero-order valence-corrected chi connectivity index (χ0v) is 24.8. The lowest BCUT2D eigenvalue weighted by Crippen LogP contribution is -2.23. The molecule has 0 aliphatic heterocycles. The Labute approximate surface area is 234 Å². The second kappa shape index (κ2) is 16.0. The molecule has 216 valence electrons. The van der Waals surface area contributed by atoms with Crippen LogP contribution in [-0.2, 0) is 16.1 Å². The monoisotopic (exact) mass is 541 g/mol. The molecule has 0 saturated carbocycles. The Morgan fingerprint density at radius 1 is 1.05 bits per heavy atom. The van der Waals surface area contributed by atoms with Crippen LogP contribution in [0.15, 0.2) is 30.3 Å². The molecule has 2 rings (SSSR count). The van der Waals surface area contributed by atoms with Crippen LogP contribution < -0.4 is 0 Å². The van der Waals surface area contributed by atoms with Crippen molar-refractivity contribution < 1.29 is 24.1 Å². The van der Waals surface area contributed by atoms with E-state index in [4.69, 9.17) is 9.72 Å². The predicted molar refractivity (Wildman–Crippen MR) is 157 cm³/mol. The maximum Gasteiger partial charge on any atom is 0.138 e. The quantitative estimate of drug-likeness (QED) is 0.229. The SMILES string of the molecule is CCCCC(CC)C(=O)CC(O)CC(O)/C=C/c1c(C(C)C)nc(C(C)C)c(COC)c1-c1ccc(F)cc1. The number of pyridine rings is 1. The third-order valence-electron chi connectivity index (χ3n) is 7.20. The van der Waals surface area contributed by atoms with E-state index >= 15 is 0 Å². The smallest absolute Gasteiger partial charge is 0.138 e. The van der Waals surface area contributed by atoms with Gasteiger partial charge in [0.1, 0.15) is 11.6 Å². The Bertz CT molecular complexity index is 1080. The number of unbranched alkanes of at least 4 members (excludes halogenated alkanes) is 1. The zero-order chi connectivity index (χ0) is 29.1. The molecule has 0 bridgehead atoms. The fourth-order valence-electron chi connectivity index (χ4n) is 5.09. The minimum absolute atomic E-state index is 0.0381. The maximum atomic E-state index is 13.8. The number of ether oxygens (including phenoxy) is 1. The first-order valence-electron chi connectivity index (χ1n) is 14.4. The molecule has 3 unspecified atom stereocenters. The number of hydrogen-bond acceptors (Lipinski definition) is 5. The van der Waals surface area contributed by atoms with Gasteiger partial charge >= 0.3 is 0 Å². The number of nitrogens with zero attached hydrogens (tertiary/aromatic N) is 1. The molecule has 6 heteroatoms. The average molecular weight is 542 g/mol. The summed E-state index contributed by atoms with van der Waals surface area (Å²) in [5.74, 6) is -0.0537. The molecule has 0 aliphatic rings. The van der Waals surface area contributed by atoms with Gasteiger partial charge in [0, 0.05) is 42.7 Å². The Morgan fingerprint density at radius 3 is 2.23 bits per heavy atom. The second-order valence-corrected chi connectivity index (χ2v) is 11.1. The van der Waals surface area contributed by atoms with Gasteiger partial charge in [-0.2, -0.15) is 0 Å². The van der Waals surface area contributed by atoms with Crippen LogP contribution in [0.2, 0.25) is 0 Å². The van der Waals surface area contributed by atoms with E-state index in [1.807, 2.05) is 13.0 Å². The first-order chi connectivity index (χ1) is 18.5. The van der Waals surface area contributed by atoms with Gasteiger partial charge in [-0.15, -0.1) is 0 Å². The largest absolute Gasteiger partial charge is 0.393 e. The van der Waals surface area contributed by atoms with E-state index in [1.165, 1.54) is 12.1 Å². The topological polar surface area (TPSA) is 79.7 Å². The summed E-state index contributed by atoms with van der Waals surface area (Å²) in [6.07, 6.45) is 5.40. The van der Waals surface area contributed by atoms with E-state index < -0.39 is 12.2 Å². The standard InChI is InChI=1S/C33H48FNO4/c1-8-10-11-23(9-2)30(38)19-27(37)18-26(36)16-17-28-31(24-12-14-25(34)15-13-24)29(20-39-7)33(22(5)6)35-32(28)21(3)4/h12-17,21-23,26-27,36-37H,8-11,18-20H2,1-7H3/b17-16+. The number of aromatic nitrogens is 1. The molecule has 0 amide bonds. The molecule has 0 radical (unpaired) electrons. The van der Waals surface area contributed by atoms with E-state index in [-0.39, 0.29) is 42.2 Å². The highest BCUT2D eigenvalue weighted by molar-refractivity contribution is 5.81. The lowest BCUT2D eigenvalue weighted by atomic mass is 9.87. The lowest BCUT2D eigenvalue weighted by molar-refractivity contribution is -0.125. The molecule has 2 aromatic rings. The van der Waals surface area contributed by atoms with Gasteiger partial charge in [0.25, 0.3) is 0 Å². The molecule has 2 N–H and O–H groups in total. The van der Waals surface area contributed by atoms with Gasteiger partial charge in [0.2, 0.25) is 0 Å². The summed E-state index contributed by atoms with van der Waals surface area (Å²) in [7, 11) is 1.64. The van der Waals surface area contributed by atoms with Crippen molar-refractivity contribution in [2.45, 2.75) is 111 Å². The summed E-state index contributed by atoms with van der Waals surface area (Å²) in [6.45, 7) is 12.8. The Hall–Kier alpha value is -2.41. The molecular weight excluding hydrogens is 493 g/mol.